The van der Waals surface area contributed by atoms with Crippen LogP contribution in [0, 0.1) is 0 Å². The number of benzene rings is 2. The van der Waals surface area contributed by atoms with Crippen molar-refractivity contribution in [1.82, 2.24) is 14.9 Å². The molecule has 0 fully saturated rings. The minimum atomic E-state index is -0.145. The van der Waals surface area contributed by atoms with Gasteiger partial charge in [-0.15, -0.1) is 0 Å². The summed E-state index contributed by atoms with van der Waals surface area (Å²) >= 11 is 0. The van der Waals surface area contributed by atoms with Crippen molar-refractivity contribution in [1.29, 1.82) is 0 Å². The third kappa shape index (κ3) is 4.88. The summed E-state index contributed by atoms with van der Waals surface area (Å²) in [5.74, 6) is 1.20. The van der Waals surface area contributed by atoms with Crippen molar-refractivity contribution < 1.29 is 14.3 Å². The maximum atomic E-state index is 12.7. The number of methoxy groups -OCH3 is 2. The van der Waals surface area contributed by atoms with E-state index in [9.17, 15) is 4.79 Å². The lowest BCUT2D eigenvalue weighted by Crippen LogP contribution is -2.32. The second kappa shape index (κ2) is 8.89. The molecule has 0 saturated carbocycles. The molecule has 6 heteroatoms. The highest BCUT2D eigenvalue weighted by atomic mass is 16.5. The number of nitrogens with zero attached hydrogens (tertiary/aromatic N) is 2. The van der Waals surface area contributed by atoms with Crippen LogP contribution in [0.5, 0.6) is 11.5 Å². The van der Waals surface area contributed by atoms with Gasteiger partial charge < -0.3 is 19.4 Å². The molecule has 0 bridgehead atoms. The van der Waals surface area contributed by atoms with Crippen LogP contribution in [0.3, 0.4) is 0 Å². The number of nitrogens with one attached hydrogen (secondary N) is 1. The fourth-order valence-electron chi connectivity index (χ4n) is 2.95. The van der Waals surface area contributed by atoms with Gasteiger partial charge in [-0.1, -0.05) is 36.4 Å². The highest BCUT2D eigenvalue weighted by Crippen LogP contribution is 2.27. The highest BCUT2D eigenvalue weighted by Gasteiger charge is 2.16. The Morgan fingerprint density at radius 1 is 1.11 bits per heavy atom. The number of carbonyl (C=O) groups is 1. The van der Waals surface area contributed by atoms with Crippen molar-refractivity contribution >= 4 is 5.91 Å². The van der Waals surface area contributed by atoms with E-state index in [0.29, 0.717) is 18.0 Å². The zero-order chi connectivity index (χ0) is 19.1. The quantitative estimate of drug-likeness (QED) is 0.666. The first-order chi connectivity index (χ1) is 13.2. The van der Waals surface area contributed by atoms with Gasteiger partial charge in [0.25, 0.3) is 0 Å². The molecule has 3 rings (SSSR count). The number of aromatic nitrogens is 2. The van der Waals surface area contributed by atoms with Gasteiger partial charge in [0.05, 0.1) is 33.0 Å². The summed E-state index contributed by atoms with van der Waals surface area (Å²) in [4.78, 5) is 16.7. The molecule has 140 valence electrons. The molecule has 0 spiro atoms. The van der Waals surface area contributed by atoms with Crippen LogP contribution in [0.4, 0.5) is 0 Å². The largest absolute Gasteiger partial charge is 0.493 e. The number of ether oxygens (including phenoxy) is 2. The molecule has 6 nitrogen and oxygen atoms in total. The standard InChI is InChI=1S/C21H23N3O3/c1-26-19-9-8-16(12-20(19)27-2)13-21(25)23-18(14-24-11-10-22-15-24)17-6-4-3-5-7-17/h3-12,15,18H,13-14H2,1-2H3,(H,23,25)/t18-/m0/s1. The molecule has 0 unspecified atom stereocenters. The molecular formula is C21H23N3O3. The van der Waals surface area contributed by atoms with Crippen molar-refractivity contribution in [3.63, 3.8) is 0 Å². The predicted octanol–water partition coefficient (Wildman–Crippen LogP) is 3.00. The van der Waals surface area contributed by atoms with Crippen LogP contribution in [0.2, 0.25) is 0 Å². The van der Waals surface area contributed by atoms with Crippen LogP contribution in [-0.2, 0) is 17.8 Å². The van der Waals surface area contributed by atoms with Crippen molar-refractivity contribution in [2.24, 2.45) is 0 Å². The number of amides is 1. The Bertz CT molecular complexity index is 864. The van der Waals surface area contributed by atoms with E-state index in [1.54, 1.807) is 26.7 Å². The summed E-state index contributed by atoms with van der Waals surface area (Å²) in [5.41, 5.74) is 1.91. The Kier molecular flexibility index (Phi) is 6.10. The molecule has 0 saturated heterocycles. The molecule has 1 N–H and O–H groups in total. The topological polar surface area (TPSA) is 65.4 Å². The Morgan fingerprint density at radius 3 is 2.56 bits per heavy atom. The van der Waals surface area contributed by atoms with Crippen molar-refractivity contribution in [2.45, 2.75) is 19.0 Å². The van der Waals surface area contributed by atoms with Crippen LogP contribution >= 0.6 is 0 Å². The molecule has 0 aliphatic rings. The lowest BCUT2D eigenvalue weighted by Gasteiger charge is -2.20. The van der Waals surface area contributed by atoms with Gasteiger partial charge in [0, 0.05) is 18.9 Å². The van der Waals surface area contributed by atoms with E-state index in [-0.39, 0.29) is 18.4 Å². The number of hydrogen-bond acceptors (Lipinski definition) is 4. The summed E-state index contributed by atoms with van der Waals surface area (Å²) in [6, 6.07) is 15.3. The summed E-state index contributed by atoms with van der Waals surface area (Å²) in [6.45, 7) is 0.613. The van der Waals surface area contributed by atoms with Crippen molar-refractivity contribution in [3.05, 3.63) is 78.4 Å². The first-order valence-electron chi connectivity index (χ1n) is 8.70. The summed E-state index contributed by atoms with van der Waals surface area (Å²) in [6.07, 6.45) is 5.62. The summed E-state index contributed by atoms with van der Waals surface area (Å²) in [7, 11) is 3.17. The number of imidazole rings is 1. The second-order valence-corrected chi connectivity index (χ2v) is 6.16. The zero-order valence-corrected chi connectivity index (χ0v) is 15.5. The van der Waals surface area contributed by atoms with Gasteiger partial charge in [0.2, 0.25) is 5.91 Å². The molecule has 0 radical (unpaired) electrons. The normalized spacial score (nSPS) is 11.6. The van der Waals surface area contributed by atoms with Gasteiger partial charge in [0.1, 0.15) is 0 Å². The molecule has 1 atom stereocenters. The fourth-order valence-corrected chi connectivity index (χ4v) is 2.95. The van der Waals surface area contributed by atoms with Crippen LogP contribution < -0.4 is 14.8 Å². The maximum Gasteiger partial charge on any atom is 0.224 e. The number of rotatable bonds is 8. The maximum absolute atomic E-state index is 12.7. The van der Waals surface area contributed by atoms with Crippen LogP contribution in [-0.4, -0.2) is 29.7 Å². The second-order valence-electron chi connectivity index (χ2n) is 6.16. The number of hydrogen-bond donors (Lipinski definition) is 1. The van der Waals surface area contributed by atoms with Gasteiger partial charge in [0.15, 0.2) is 11.5 Å². The molecular weight excluding hydrogens is 342 g/mol. The van der Waals surface area contributed by atoms with E-state index in [1.165, 1.54) is 0 Å². The average Bonchev–Trinajstić information content (AvgIpc) is 3.21. The lowest BCUT2D eigenvalue weighted by molar-refractivity contribution is -0.121. The lowest BCUT2D eigenvalue weighted by atomic mass is 10.1. The Labute approximate surface area is 158 Å². The van der Waals surface area contributed by atoms with Gasteiger partial charge in [-0.2, -0.15) is 0 Å². The highest BCUT2D eigenvalue weighted by molar-refractivity contribution is 5.79. The molecule has 3 aromatic rings. The van der Waals surface area contributed by atoms with Gasteiger partial charge in [-0.25, -0.2) is 4.98 Å². The van der Waals surface area contributed by atoms with Crippen molar-refractivity contribution in [2.75, 3.05) is 14.2 Å². The third-order valence-electron chi connectivity index (χ3n) is 4.30. The number of carbonyl (C=O) groups excluding carboxylic acids is 1. The van der Waals surface area contributed by atoms with E-state index < -0.39 is 0 Å². The van der Waals surface area contributed by atoms with E-state index in [0.717, 1.165) is 11.1 Å². The Morgan fingerprint density at radius 2 is 1.89 bits per heavy atom. The molecule has 1 aromatic heterocycles. The van der Waals surface area contributed by atoms with Gasteiger partial charge >= 0.3 is 0 Å². The zero-order valence-electron chi connectivity index (χ0n) is 15.5. The molecule has 0 aliphatic carbocycles. The van der Waals surface area contributed by atoms with Crippen molar-refractivity contribution in [3.8, 4) is 11.5 Å². The first kappa shape index (κ1) is 18.5. The van der Waals surface area contributed by atoms with E-state index in [2.05, 4.69) is 10.3 Å². The fraction of sp³-hybridized carbons (Fsp3) is 0.238. The van der Waals surface area contributed by atoms with E-state index in [4.69, 9.17) is 9.47 Å². The first-order valence-corrected chi connectivity index (χ1v) is 8.70. The molecule has 1 amide bonds. The SMILES string of the molecule is COc1ccc(CC(=O)N[C@@H](Cn2ccnc2)c2ccccc2)cc1OC. The van der Waals surface area contributed by atoms with Crippen LogP contribution in [0.1, 0.15) is 17.2 Å². The summed E-state index contributed by atoms with van der Waals surface area (Å²) < 4.78 is 12.5. The minimum absolute atomic E-state index is 0.0591. The molecule has 1 heterocycles. The van der Waals surface area contributed by atoms with E-state index in [1.807, 2.05) is 59.3 Å². The van der Waals surface area contributed by atoms with E-state index >= 15 is 0 Å². The Hall–Kier alpha value is -3.28. The molecule has 27 heavy (non-hydrogen) atoms. The van der Waals surface area contributed by atoms with Gasteiger partial charge in [-0.3, -0.25) is 4.79 Å². The van der Waals surface area contributed by atoms with Gasteiger partial charge in [-0.05, 0) is 23.3 Å². The third-order valence-corrected chi connectivity index (χ3v) is 4.30. The summed E-state index contributed by atoms with van der Waals surface area (Å²) in [5, 5.41) is 3.13. The van der Waals surface area contributed by atoms with Crippen LogP contribution in [0.15, 0.2) is 67.3 Å². The molecule has 2 aromatic carbocycles. The average molecular weight is 365 g/mol. The predicted molar refractivity (Wildman–Crippen MR) is 103 cm³/mol. The monoisotopic (exact) mass is 365 g/mol. The molecule has 0 aliphatic heterocycles. The smallest absolute Gasteiger partial charge is 0.224 e. The van der Waals surface area contributed by atoms with Crippen LogP contribution in [0.25, 0.3) is 0 Å². The Balaban J connectivity index is 1.72. The minimum Gasteiger partial charge on any atom is -0.493 e.